The van der Waals surface area contributed by atoms with Crippen molar-refractivity contribution in [1.82, 2.24) is 19.6 Å². The Kier molecular flexibility index (Phi) is 6.61. The number of hydrogen-bond donors (Lipinski definition) is 1. The zero-order chi connectivity index (χ0) is 24.4. The highest BCUT2D eigenvalue weighted by Gasteiger charge is 2.46. The molecular weight excluding hydrogens is 435 g/mol. The maximum Gasteiger partial charge on any atom is 0.295 e. The number of carbonyl (C=O) groups is 2. The molecule has 1 fully saturated rings. The van der Waals surface area contributed by atoms with Crippen molar-refractivity contribution >= 4 is 17.4 Å². The van der Waals surface area contributed by atoms with Crippen molar-refractivity contribution < 1.29 is 19.1 Å². The van der Waals surface area contributed by atoms with E-state index in [1.165, 1.54) is 29.3 Å². The predicted octanol–water partition coefficient (Wildman–Crippen LogP) is 3.69. The number of aliphatic hydroxyl groups is 1. The Morgan fingerprint density at radius 2 is 1.85 bits per heavy atom. The molecule has 8 heteroatoms. The zero-order valence-corrected chi connectivity index (χ0v) is 19.4. The average molecular weight is 463 g/mol. The van der Waals surface area contributed by atoms with Crippen molar-refractivity contribution in [1.29, 1.82) is 0 Å². The maximum absolute atomic E-state index is 14.1. The van der Waals surface area contributed by atoms with Crippen LogP contribution in [0.3, 0.4) is 0 Å². The van der Waals surface area contributed by atoms with Crippen LogP contribution in [-0.2, 0) is 9.59 Å². The van der Waals surface area contributed by atoms with E-state index in [0.29, 0.717) is 36.3 Å². The predicted molar refractivity (Wildman–Crippen MR) is 127 cm³/mol. The molecule has 4 rings (SSSR count). The summed E-state index contributed by atoms with van der Waals surface area (Å²) in [6.45, 7) is 2.78. The molecule has 0 saturated carbocycles. The van der Waals surface area contributed by atoms with Crippen LogP contribution in [0.15, 0.2) is 66.4 Å². The fraction of sp³-hybridized carbons (Fsp3) is 0.269. The van der Waals surface area contributed by atoms with Gasteiger partial charge in [-0.25, -0.2) is 9.07 Å². The minimum absolute atomic E-state index is 0.0591. The Bertz CT molecular complexity index is 1250. The summed E-state index contributed by atoms with van der Waals surface area (Å²) in [7, 11) is 3.84. The van der Waals surface area contributed by atoms with E-state index in [-0.39, 0.29) is 11.3 Å². The molecule has 0 aliphatic carbocycles. The van der Waals surface area contributed by atoms with Crippen molar-refractivity contribution in [2.45, 2.75) is 19.4 Å². The number of likely N-dealkylation sites (tertiary alicyclic amines) is 1. The van der Waals surface area contributed by atoms with E-state index >= 15 is 0 Å². The largest absolute Gasteiger partial charge is 0.507 e. The van der Waals surface area contributed by atoms with Gasteiger partial charge >= 0.3 is 0 Å². The highest BCUT2D eigenvalue weighted by Crippen LogP contribution is 2.40. The monoisotopic (exact) mass is 462 g/mol. The molecule has 1 amide bonds. The first-order valence-corrected chi connectivity index (χ1v) is 11.1. The van der Waals surface area contributed by atoms with Gasteiger partial charge in [0.05, 0.1) is 34.8 Å². The summed E-state index contributed by atoms with van der Waals surface area (Å²) in [5, 5.41) is 15.7. The first-order chi connectivity index (χ1) is 16.3. The molecule has 0 unspecified atom stereocenters. The lowest BCUT2D eigenvalue weighted by molar-refractivity contribution is -0.139. The van der Waals surface area contributed by atoms with Crippen molar-refractivity contribution in [2.24, 2.45) is 0 Å². The Balaban J connectivity index is 1.81. The van der Waals surface area contributed by atoms with Gasteiger partial charge in [-0.1, -0.05) is 30.3 Å². The fourth-order valence-corrected chi connectivity index (χ4v) is 4.31. The minimum atomic E-state index is -0.891. The third-order valence-electron chi connectivity index (χ3n) is 5.97. The van der Waals surface area contributed by atoms with Crippen LogP contribution in [-0.4, -0.2) is 63.6 Å². The van der Waals surface area contributed by atoms with Crippen LogP contribution in [0.1, 0.15) is 29.3 Å². The Morgan fingerprint density at radius 3 is 2.53 bits per heavy atom. The van der Waals surface area contributed by atoms with Gasteiger partial charge in [-0.2, -0.15) is 5.10 Å². The number of aliphatic hydroxyl groups excluding tert-OH is 1. The molecule has 0 radical (unpaired) electrons. The Hall–Kier alpha value is -3.78. The standard InChI is InChI=1S/C26H27FN4O3/c1-17-21(16-28-31(17)20-11-5-4-6-12-20)24(32)22-23(18-9-7-10-19(27)15-18)30(26(34)25(22)33)14-8-13-29(2)3/h4-7,9-12,15-16,23,32H,8,13-14H2,1-3H3/t23-/m0/s1. The lowest BCUT2D eigenvalue weighted by Crippen LogP contribution is -2.32. The molecular formula is C26H27FN4O3. The summed E-state index contributed by atoms with van der Waals surface area (Å²) >= 11 is 0. The normalized spacial score (nSPS) is 17.7. The molecule has 0 spiro atoms. The second-order valence-electron chi connectivity index (χ2n) is 8.60. The number of amides is 1. The average Bonchev–Trinajstić information content (AvgIpc) is 3.32. The van der Waals surface area contributed by atoms with Crippen LogP contribution in [0.25, 0.3) is 11.4 Å². The van der Waals surface area contributed by atoms with Gasteiger partial charge in [-0.3, -0.25) is 9.59 Å². The highest BCUT2D eigenvalue weighted by molar-refractivity contribution is 6.46. The van der Waals surface area contributed by atoms with Gasteiger partial charge in [0, 0.05) is 6.54 Å². The molecule has 0 bridgehead atoms. The summed E-state index contributed by atoms with van der Waals surface area (Å²) in [6.07, 6.45) is 2.09. The van der Waals surface area contributed by atoms with Crippen LogP contribution in [0.5, 0.6) is 0 Å². The molecule has 1 aromatic heterocycles. The first-order valence-electron chi connectivity index (χ1n) is 11.1. The van der Waals surface area contributed by atoms with Crippen LogP contribution in [0.2, 0.25) is 0 Å². The number of carbonyl (C=O) groups excluding carboxylic acids is 2. The highest BCUT2D eigenvalue weighted by atomic mass is 19.1. The van der Waals surface area contributed by atoms with E-state index in [1.54, 1.807) is 17.7 Å². The number of halogens is 1. The van der Waals surface area contributed by atoms with Crippen molar-refractivity contribution in [2.75, 3.05) is 27.2 Å². The molecule has 2 heterocycles. The number of ketones is 1. The molecule has 1 aliphatic heterocycles. The molecule has 3 aromatic rings. The van der Waals surface area contributed by atoms with Gasteiger partial charge in [0.1, 0.15) is 11.6 Å². The zero-order valence-electron chi connectivity index (χ0n) is 19.4. The number of rotatable bonds is 7. The number of para-hydroxylation sites is 1. The summed E-state index contributed by atoms with van der Waals surface area (Å²) in [6, 6.07) is 14.3. The van der Waals surface area contributed by atoms with E-state index < -0.39 is 23.5 Å². The molecule has 1 saturated heterocycles. The molecule has 1 atom stereocenters. The SMILES string of the molecule is Cc1c(C(O)=C2C(=O)C(=O)N(CCCN(C)C)[C@H]2c2cccc(F)c2)cnn1-c1ccccc1. The minimum Gasteiger partial charge on any atom is -0.507 e. The lowest BCUT2D eigenvalue weighted by Gasteiger charge is -2.26. The summed E-state index contributed by atoms with van der Waals surface area (Å²) in [4.78, 5) is 29.6. The number of hydrogen-bond acceptors (Lipinski definition) is 5. The first kappa shape index (κ1) is 23.4. The summed E-state index contributed by atoms with van der Waals surface area (Å²) in [5.41, 5.74) is 2.12. The summed E-state index contributed by atoms with van der Waals surface area (Å²) < 4.78 is 15.8. The number of Topliss-reactive ketones (excluding diaryl/α,β-unsaturated/α-hetero) is 1. The topological polar surface area (TPSA) is 78.7 Å². The Morgan fingerprint density at radius 1 is 1.12 bits per heavy atom. The molecule has 7 nitrogen and oxygen atoms in total. The second kappa shape index (κ2) is 9.61. The fourth-order valence-electron chi connectivity index (χ4n) is 4.31. The van der Waals surface area contributed by atoms with E-state index in [9.17, 15) is 19.1 Å². The summed E-state index contributed by atoms with van der Waals surface area (Å²) in [5.74, 6) is -2.29. The van der Waals surface area contributed by atoms with Gasteiger partial charge in [0.2, 0.25) is 0 Å². The molecule has 176 valence electrons. The van der Waals surface area contributed by atoms with Gasteiger partial charge in [0.25, 0.3) is 11.7 Å². The molecule has 2 aromatic carbocycles. The van der Waals surface area contributed by atoms with E-state index in [1.807, 2.05) is 49.3 Å². The molecule has 1 N–H and O–H groups in total. The number of nitrogens with zero attached hydrogens (tertiary/aromatic N) is 4. The number of aromatic nitrogens is 2. The van der Waals surface area contributed by atoms with Crippen LogP contribution in [0.4, 0.5) is 4.39 Å². The number of benzene rings is 2. The van der Waals surface area contributed by atoms with Crippen LogP contribution < -0.4 is 0 Å². The molecule has 34 heavy (non-hydrogen) atoms. The van der Waals surface area contributed by atoms with Gasteiger partial charge < -0.3 is 14.9 Å². The van der Waals surface area contributed by atoms with Crippen LogP contribution >= 0.6 is 0 Å². The van der Waals surface area contributed by atoms with E-state index in [0.717, 1.165) is 5.69 Å². The Labute approximate surface area is 197 Å². The third kappa shape index (κ3) is 4.36. The molecule has 1 aliphatic rings. The lowest BCUT2D eigenvalue weighted by atomic mass is 9.95. The van der Waals surface area contributed by atoms with Gasteiger partial charge in [-0.15, -0.1) is 0 Å². The smallest absolute Gasteiger partial charge is 0.295 e. The van der Waals surface area contributed by atoms with Crippen molar-refractivity contribution in [3.05, 3.63) is 89.0 Å². The third-order valence-corrected chi connectivity index (χ3v) is 5.97. The van der Waals surface area contributed by atoms with E-state index in [2.05, 4.69) is 5.10 Å². The van der Waals surface area contributed by atoms with Crippen LogP contribution in [0, 0.1) is 12.7 Å². The quantitative estimate of drug-likeness (QED) is 0.329. The van der Waals surface area contributed by atoms with Crippen molar-refractivity contribution in [3.63, 3.8) is 0 Å². The van der Waals surface area contributed by atoms with Gasteiger partial charge in [0.15, 0.2) is 0 Å². The second-order valence-corrected chi connectivity index (χ2v) is 8.60. The maximum atomic E-state index is 14.1. The van der Waals surface area contributed by atoms with Crippen molar-refractivity contribution in [3.8, 4) is 5.69 Å². The van der Waals surface area contributed by atoms with Gasteiger partial charge in [-0.05, 0) is 63.8 Å². The van der Waals surface area contributed by atoms with E-state index in [4.69, 9.17) is 0 Å².